The van der Waals surface area contributed by atoms with E-state index < -0.39 is 11.9 Å². The Hall–Kier alpha value is -3.45. The van der Waals surface area contributed by atoms with Gasteiger partial charge in [0.05, 0.1) is 19.9 Å². The van der Waals surface area contributed by atoms with Crippen LogP contribution in [0.4, 0.5) is 0 Å². The molecule has 0 aliphatic carbocycles. The third-order valence-electron chi connectivity index (χ3n) is 4.35. The summed E-state index contributed by atoms with van der Waals surface area (Å²) in [5.41, 5.74) is 2.86. The number of para-hydroxylation sites is 1. The van der Waals surface area contributed by atoms with E-state index in [2.05, 4.69) is 5.10 Å². The molecular formula is C22H23N3O4. The molecule has 0 saturated heterocycles. The molecule has 0 atom stereocenters. The molecule has 0 spiro atoms. The number of rotatable bonds is 6. The minimum absolute atomic E-state index is 0.0264. The molecule has 0 radical (unpaired) electrons. The van der Waals surface area contributed by atoms with Crippen LogP contribution in [0, 0.1) is 0 Å². The van der Waals surface area contributed by atoms with Crippen LogP contribution in [-0.2, 0) is 16.0 Å². The molecule has 0 amide bonds. The standard InChI is InChI=1S/C22H23N3O4/c1-24(2)14-15-9-8-10-16(13-15)19-18(21(26)28-3)20(22(27)29-4)25(23-19)17-11-6-5-7-12-17/h5-13H,14H2,1-4H3. The molecule has 7 nitrogen and oxygen atoms in total. The van der Waals surface area contributed by atoms with Crippen molar-refractivity contribution in [2.24, 2.45) is 0 Å². The van der Waals surface area contributed by atoms with Gasteiger partial charge in [0.25, 0.3) is 0 Å². The summed E-state index contributed by atoms with van der Waals surface area (Å²) in [4.78, 5) is 27.3. The summed E-state index contributed by atoms with van der Waals surface area (Å²) in [5.74, 6) is -1.32. The van der Waals surface area contributed by atoms with Crippen LogP contribution in [0.1, 0.15) is 26.4 Å². The predicted molar refractivity (Wildman–Crippen MR) is 109 cm³/mol. The van der Waals surface area contributed by atoms with E-state index in [1.165, 1.54) is 18.9 Å². The third kappa shape index (κ3) is 4.20. The van der Waals surface area contributed by atoms with Crippen LogP contribution in [0.5, 0.6) is 0 Å². The van der Waals surface area contributed by atoms with Gasteiger partial charge in [0.15, 0.2) is 5.69 Å². The smallest absolute Gasteiger partial charge is 0.357 e. The van der Waals surface area contributed by atoms with Crippen LogP contribution in [0.3, 0.4) is 0 Å². The number of aromatic nitrogens is 2. The van der Waals surface area contributed by atoms with Gasteiger partial charge in [-0.1, -0.05) is 36.4 Å². The maximum Gasteiger partial charge on any atom is 0.357 e. The molecule has 0 fully saturated rings. The van der Waals surface area contributed by atoms with E-state index in [0.29, 0.717) is 16.9 Å². The van der Waals surface area contributed by atoms with E-state index in [1.807, 2.05) is 61.5 Å². The number of benzene rings is 2. The molecule has 0 bridgehead atoms. The van der Waals surface area contributed by atoms with E-state index in [4.69, 9.17) is 9.47 Å². The largest absolute Gasteiger partial charge is 0.465 e. The van der Waals surface area contributed by atoms with Crippen molar-refractivity contribution in [1.82, 2.24) is 14.7 Å². The molecule has 0 aliphatic heterocycles. The Morgan fingerprint density at radius 1 is 0.966 bits per heavy atom. The Labute approximate surface area is 169 Å². The summed E-state index contributed by atoms with van der Waals surface area (Å²) in [7, 11) is 6.50. The molecule has 7 heteroatoms. The molecular weight excluding hydrogens is 370 g/mol. The zero-order valence-corrected chi connectivity index (χ0v) is 16.9. The molecule has 3 aromatic rings. The fourth-order valence-electron chi connectivity index (χ4n) is 3.14. The van der Waals surface area contributed by atoms with E-state index in [0.717, 1.165) is 12.1 Å². The molecule has 0 aliphatic rings. The maximum atomic E-state index is 12.7. The minimum Gasteiger partial charge on any atom is -0.465 e. The number of carbonyl (C=O) groups excluding carboxylic acids is 2. The van der Waals surface area contributed by atoms with Crippen LogP contribution in [0.15, 0.2) is 54.6 Å². The summed E-state index contributed by atoms with van der Waals surface area (Å²) in [6.07, 6.45) is 0. The van der Waals surface area contributed by atoms with E-state index in [9.17, 15) is 9.59 Å². The Morgan fingerprint density at radius 3 is 2.28 bits per heavy atom. The van der Waals surface area contributed by atoms with Crippen molar-refractivity contribution in [3.05, 3.63) is 71.4 Å². The fourth-order valence-corrected chi connectivity index (χ4v) is 3.14. The second-order valence-corrected chi connectivity index (χ2v) is 6.74. The van der Waals surface area contributed by atoms with Gasteiger partial charge in [0.1, 0.15) is 11.3 Å². The molecule has 0 unspecified atom stereocenters. The van der Waals surface area contributed by atoms with Gasteiger partial charge >= 0.3 is 11.9 Å². The van der Waals surface area contributed by atoms with Crippen molar-refractivity contribution >= 4 is 11.9 Å². The van der Waals surface area contributed by atoms with Gasteiger partial charge in [-0.05, 0) is 37.9 Å². The van der Waals surface area contributed by atoms with Gasteiger partial charge in [-0.25, -0.2) is 14.3 Å². The molecule has 3 rings (SSSR count). The van der Waals surface area contributed by atoms with Crippen LogP contribution < -0.4 is 0 Å². The maximum absolute atomic E-state index is 12.7. The monoisotopic (exact) mass is 393 g/mol. The lowest BCUT2D eigenvalue weighted by atomic mass is 10.0. The van der Waals surface area contributed by atoms with Crippen molar-refractivity contribution in [3.63, 3.8) is 0 Å². The lowest BCUT2D eigenvalue weighted by Gasteiger charge is -2.10. The first-order valence-corrected chi connectivity index (χ1v) is 9.05. The molecule has 0 saturated carbocycles. The molecule has 0 N–H and O–H groups in total. The van der Waals surface area contributed by atoms with E-state index >= 15 is 0 Å². The Bertz CT molecular complexity index is 1030. The van der Waals surface area contributed by atoms with Crippen LogP contribution in [0.25, 0.3) is 16.9 Å². The quantitative estimate of drug-likeness (QED) is 0.599. The minimum atomic E-state index is -0.669. The van der Waals surface area contributed by atoms with Crippen molar-refractivity contribution in [3.8, 4) is 16.9 Å². The van der Waals surface area contributed by atoms with Crippen molar-refractivity contribution in [1.29, 1.82) is 0 Å². The Kier molecular flexibility index (Phi) is 6.09. The van der Waals surface area contributed by atoms with Crippen LogP contribution in [0.2, 0.25) is 0 Å². The average Bonchev–Trinajstić information content (AvgIpc) is 3.13. The number of nitrogens with zero attached hydrogens (tertiary/aromatic N) is 3. The Morgan fingerprint density at radius 2 is 1.66 bits per heavy atom. The third-order valence-corrected chi connectivity index (χ3v) is 4.35. The predicted octanol–water partition coefficient (Wildman–Crippen LogP) is 3.17. The highest BCUT2D eigenvalue weighted by molar-refractivity contribution is 6.06. The van der Waals surface area contributed by atoms with E-state index in [-0.39, 0.29) is 11.3 Å². The first-order chi connectivity index (χ1) is 14.0. The highest BCUT2D eigenvalue weighted by Crippen LogP contribution is 2.29. The molecule has 29 heavy (non-hydrogen) atoms. The number of ether oxygens (including phenoxy) is 2. The topological polar surface area (TPSA) is 73.7 Å². The molecule has 1 heterocycles. The average molecular weight is 393 g/mol. The number of carbonyl (C=O) groups is 2. The number of methoxy groups -OCH3 is 2. The first-order valence-electron chi connectivity index (χ1n) is 9.05. The van der Waals surface area contributed by atoms with Crippen LogP contribution >= 0.6 is 0 Å². The molecule has 150 valence electrons. The van der Waals surface area contributed by atoms with Gasteiger partial charge in [-0.3, -0.25) is 0 Å². The van der Waals surface area contributed by atoms with Gasteiger partial charge in [0, 0.05) is 12.1 Å². The van der Waals surface area contributed by atoms with Gasteiger partial charge in [-0.15, -0.1) is 0 Å². The lowest BCUT2D eigenvalue weighted by molar-refractivity contribution is 0.0549. The van der Waals surface area contributed by atoms with Crippen molar-refractivity contribution in [2.45, 2.75) is 6.54 Å². The van der Waals surface area contributed by atoms with Gasteiger partial charge < -0.3 is 14.4 Å². The second kappa shape index (κ2) is 8.70. The summed E-state index contributed by atoms with van der Waals surface area (Å²) >= 11 is 0. The number of hydrogen-bond acceptors (Lipinski definition) is 6. The number of esters is 2. The zero-order chi connectivity index (χ0) is 21.0. The van der Waals surface area contributed by atoms with Crippen molar-refractivity contribution < 1.29 is 19.1 Å². The van der Waals surface area contributed by atoms with Crippen molar-refractivity contribution in [2.75, 3.05) is 28.3 Å². The fraction of sp³-hybridized carbons (Fsp3) is 0.227. The highest BCUT2D eigenvalue weighted by Gasteiger charge is 2.31. The molecule has 2 aromatic carbocycles. The zero-order valence-electron chi connectivity index (χ0n) is 16.9. The molecule has 1 aromatic heterocycles. The lowest BCUT2D eigenvalue weighted by Crippen LogP contribution is -2.15. The normalized spacial score (nSPS) is 10.8. The SMILES string of the molecule is COC(=O)c1c(-c2cccc(CN(C)C)c2)nn(-c2ccccc2)c1C(=O)OC. The van der Waals surface area contributed by atoms with Gasteiger partial charge in [0.2, 0.25) is 0 Å². The summed E-state index contributed by atoms with van der Waals surface area (Å²) < 4.78 is 11.3. The van der Waals surface area contributed by atoms with Gasteiger partial charge in [-0.2, -0.15) is 5.10 Å². The van der Waals surface area contributed by atoms with Crippen LogP contribution in [-0.4, -0.2) is 54.9 Å². The summed E-state index contributed by atoms with van der Waals surface area (Å²) in [5, 5.41) is 4.61. The summed E-state index contributed by atoms with van der Waals surface area (Å²) in [6, 6.07) is 16.8. The first kappa shape index (κ1) is 20.3. The Balaban J connectivity index is 2.28. The summed E-state index contributed by atoms with van der Waals surface area (Å²) in [6.45, 7) is 0.727. The number of hydrogen-bond donors (Lipinski definition) is 0. The second-order valence-electron chi connectivity index (χ2n) is 6.74. The van der Waals surface area contributed by atoms with E-state index in [1.54, 1.807) is 12.1 Å². The highest BCUT2D eigenvalue weighted by atomic mass is 16.5.